The highest BCUT2D eigenvalue weighted by molar-refractivity contribution is 6.02. The second kappa shape index (κ2) is 5.06. The third-order valence-corrected chi connectivity index (χ3v) is 2.29. The van der Waals surface area contributed by atoms with Crippen molar-refractivity contribution in [2.75, 3.05) is 5.32 Å². The Morgan fingerprint density at radius 1 is 1.22 bits per heavy atom. The SMILES string of the molecule is Cc1cnc(C(=O)Nc2ccc(C#N)cc2)cn1. The molecule has 2 rings (SSSR count). The summed E-state index contributed by atoms with van der Waals surface area (Å²) in [4.78, 5) is 19.8. The summed E-state index contributed by atoms with van der Waals surface area (Å²) in [6.07, 6.45) is 2.96. The third-order valence-electron chi connectivity index (χ3n) is 2.29. The maximum Gasteiger partial charge on any atom is 0.275 e. The minimum absolute atomic E-state index is 0.255. The van der Waals surface area contributed by atoms with E-state index in [4.69, 9.17) is 5.26 Å². The fraction of sp³-hybridized carbons (Fsp3) is 0.0769. The van der Waals surface area contributed by atoms with Crippen LogP contribution in [0.5, 0.6) is 0 Å². The van der Waals surface area contributed by atoms with Crippen LogP contribution in [0.1, 0.15) is 21.7 Å². The zero-order valence-corrected chi connectivity index (χ0v) is 9.71. The first kappa shape index (κ1) is 11.7. The summed E-state index contributed by atoms with van der Waals surface area (Å²) in [5.74, 6) is -0.327. The minimum Gasteiger partial charge on any atom is -0.321 e. The molecule has 0 aliphatic carbocycles. The third kappa shape index (κ3) is 2.68. The highest BCUT2D eigenvalue weighted by Crippen LogP contribution is 2.09. The Morgan fingerprint density at radius 3 is 2.50 bits per heavy atom. The van der Waals surface area contributed by atoms with Crippen molar-refractivity contribution in [3.05, 3.63) is 53.6 Å². The van der Waals surface area contributed by atoms with Gasteiger partial charge in [-0.05, 0) is 31.2 Å². The number of nitrogens with zero attached hydrogens (tertiary/aromatic N) is 3. The molecular weight excluding hydrogens is 228 g/mol. The lowest BCUT2D eigenvalue weighted by Gasteiger charge is -2.04. The van der Waals surface area contributed by atoms with E-state index in [1.165, 1.54) is 12.4 Å². The number of carbonyl (C=O) groups is 1. The van der Waals surface area contributed by atoms with Crippen LogP contribution in [0, 0.1) is 18.3 Å². The number of benzene rings is 1. The number of carbonyl (C=O) groups excluding carboxylic acids is 1. The van der Waals surface area contributed by atoms with Gasteiger partial charge in [0, 0.05) is 11.9 Å². The van der Waals surface area contributed by atoms with E-state index >= 15 is 0 Å². The van der Waals surface area contributed by atoms with Crippen LogP contribution in [0.2, 0.25) is 0 Å². The second-order valence-electron chi connectivity index (χ2n) is 3.69. The van der Waals surface area contributed by atoms with Gasteiger partial charge in [0.2, 0.25) is 0 Å². The summed E-state index contributed by atoms with van der Waals surface area (Å²) < 4.78 is 0. The summed E-state index contributed by atoms with van der Waals surface area (Å²) >= 11 is 0. The van der Waals surface area contributed by atoms with Crippen LogP contribution in [0.4, 0.5) is 5.69 Å². The quantitative estimate of drug-likeness (QED) is 0.866. The maximum atomic E-state index is 11.8. The van der Waals surface area contributed by atoms with Gasteiger partial charge in [-0.2, -0.15) is 5.26 Å². The van der Waals surface area contributed by atoms with Crippen LogP contribution in [0.25, 0.3) is 0 Å². The van der Waals surface area contributed by atoms with Crippen molar-refractivity contribution in [2.24, 2.45) is 0 Å². The Hall–Kier alpha value is -2.74. The van der Waals surface area contributed by atoms with Gasteiger partial charge in [-0.15, -0.1) is 0 Å². The van der Waals surface area contributed by atoms with Gasteiger partial charge in [0.05, 0.1) is 23.5 Å². The molecule has 2 aromatic rings. The number of aromatic nitrogens is 2. The van der Waals surface area contributed by atoms with Crippen LogP contribution < -0.4 is 5.32 Å². The van der Waals surface area contributed by atoms with Gasteiger partial charge in [-0.1, -0.05) is 0 Å². The zero-order valence-electron chi connectivity index (χ0n) is 9.71. The predicted octanol–water partition coefficient (Wildman–Crippen LogP) is 1.91. The van der Waals surface area contributed by atoms with E-state index in [-0.39, 0.29) is 11.6 Å². The Morgan fingerprint density at radius 2 is 1.94 bits per heavy atom. The largest absolute Gasteiger partial charge is 0.321 e. The number of nitriles is 1. The smallest absolute Gasteiger partial charge is 0.275 e. The molecule has 18 heavy (non-hydrogen) atoms. The van der Waals surface area contributed by atoms with Crippen LogP contribution in [-0.4, -0.2) is 15.9 Å². The molecule has 5 heteroatoms. The molecule has 0 spiro atoms. The van der Waals surface area contributed by atoms with Gasteiger partial charge in [-0.25, -0.2) is 4.98 Å². The van der Waals surface area contributed by atoms with E-state index in [1.54, 1.807) is 31.2 Å². The lowest BCUT2D eigenvalue weighted by molar-refractivity contribution is 0.102. The van der Waals surface area contributed by atoms with Crippen molar-refractivity contribution in [1.29, 1.82) is 5.26 Å². The highest BCUT2D eigenvalue weighted by atomic mass is 16.1. The lowest BCUT2D eigenvalue weighted by atomic mass is 10.2. The molecule has 0 radical (unpaired) electrons. The van der Waals surface area contributed by atoms with Crippen LogP contribution >= 0.6 is 0 Å². The van der Waals surface area contributed by atoms with Gasteiger partial charge in [0.1, 0.15) is 5.69 Å². The Kier molecular flexibility index (Phi) is 3.30. The molecule has 1 aromatic carbocycles. The van der Waals surface area contributed by atoms with Crippen molar-refractivity contribution in [2.45, 2.75) is 6.92 Å². The number of aryl methyl sites for hydroxylation is 1. The fourth-order valence-electron chi connectivity index (χ4n) is 1.33. The van der Waals surface area contributed by atoms with E-state index in [0.29, 0.717) is 11.3 Å². The normalized spacial score (nSPS) is 9.56. The number of amides is 1. The van der Waals surface area contributed by atoms with Crippen LogP contribution in [-0.2, 0) is 0 Å². The first-order valence-electron chi connectivity index (χ1n) is 5.29. The minimum atomic E-state index is -0.327. The highest BCUT2D eigenvalue weighted by Gasteiger charge is 2.07. The Bertz CT molecular complexity index is 596. The summed E-state index contributed by atoms with van der Waals surface area (Å²) in [5.41, 5.74) is 2.17. The number of rotatable bonds is 2. The number of anilines is 1. The van der Waals surface area contributed by atoms with E-state index in [9.17, 15) is 4.79 Å². The molecule has 1 heterocycles. The molecule has 0 saturated carbocycles. The second-order valence-corrected chi connectivity index (χ2v) is 3.69. The molecule has 88 valence electrons. The molecule has 1 N–H and O–H groups in total. The molecule has 1 amide bonds. The van der Waals surface area contributed by atoms with Gasteiger partial charge >= 0.3 is 0 Å². The average Bonchev–Trinajstić information content (AvgIpc) is 2.40. The predicted molar refractivity (Wildman–Crippen MR) is 65.9 cm³/mol. The maximum absolute atomic E-state index is 11.8. The Balaban J connectivity index is 2.11. The van der Waals surface area contributed by atoms with Crippen molar-refractivity contribution in [3.63, 3.8) is 0 Å². The zero-order chi connectivity index (χ0) is 13.0. The van der Waals surface area contributed by atoms with E-state index in [1.807, 2.05) is 6.07 Å². The van der Waals surface area contributed by atoms with Gasteiger partial charge in [0.15, 0.2) is 0 Å². The van der Waals surface area contributed by atoms with Gasteiger partial charge in [0.25, 0.3) is 5.91 Å². The molecule has 0 bridgehead atoms. The van der Waals surface area contributed by atoms with Gasteiger partial charge < -0.3 is 5.32 Å². The molecule has 5 nitrogen and oxygen atoms in total. The summed E-state index contributed by atoms with van der Waals surface area (Å²) in [6, 6.07) is 8.61. The molecule has 0 aliphatic rings. The van der Waals surface area contributed by atoms with Crippen molar-refractivity contribution in [1.82, 2.24) is 9.97 Å². The number of hydrogen-bond donors (Lipinski definition) is 1. The first-order chi connectivity index (χ1) is 8.69. The molecule has 0 fully saturated rings. The van der Waals surface area contributed by atoms with Crippen molar-refractivity contribution >= 4 is 11.6 Å². The summed E-state index contributed by atoms with van der Waals surface area (Å²) in [6.45, 7) is 1.80. The monoisotopic (exact) mass is 238 g/mol. The Labute approximate surface area is 104 Å². The van der Waals surface area contributed by atoms with Crippen molar-refractivity contribution < 1.29 is 4.79 Å². The van der Waals surface area contributed by atoms with Gasteiger partial charge in [-0.3, -0.25) is 9.78 Å². The van der Waals surface area contributed by atoms with E-state index in [0.717, 1.165) is 5.69 Å². The molecule has 0 saturated heterocycles. The van der Waals surface area contributed by atoms with Crippen LogP contribution in [0.3, 0.4) is 0 Å². The average molecular weight is 238 g/mol. The molecule has 0 atom stereocenters. The lowest BCUT2D eigenvalue weighted by Crippen LogP contribution is -2.14. The standard InChI is InChI=1S/C13H10N4O/c1-9-7-16-12(8-15-9)13(18)17-11-4-2-10(6-14)3-5-11/h2-5,7-8H,1H3,(H,17,18). The molecule has 0 unspecified atom stereocenters. The van der Waals surface area contributed by atoms with Crippen molar-refractivity contribution in [3.8, 4) is 6.07 Å². The number of hydrogen-bond acceptors (Lipinski definition) is 4. The number of nitrogens with one attached hydrogen (secondary N) is 1. The summed E-state index contributed by atoms with van der Waals surface area (Å²) in [7, 11) is 0. The molecule has 0 aliphatic heterocycles. The molecular formula is C13H10N4O. The van der Waals surface area contributed by atoms with E-state index in [2.05, 4.69) is 15.3 Å². The topological polar surface area (TPSA) is 78.7 Å². The van der Waals surface area contributed by atoms with Crippen LogP contribution in [0.15, 0.2) is 36.7 Å². The van der Waals surface area contributed by atoms with E-state index < -0.39 is 0 Å². The molecule has 1 aromatic heterocycles. The fourth-order valence-corrected chi connectivity index (χ4v) is 1.33. The first-order valence-corrected chi connectivity index (χ1v) is 5.29. The summed E-state index contributed by atoms with van der Waals surface area (Å²) in [5, 5.41) is 11.3.